The number of carboxylic acid groups (broad SMARTS) is 1. The van der Waals surface area contributed by atoms with Crippen LogP contribution in [0.5, 0.6) is 5.75 Å². The van der Waals surface area contributed by atoms with E-state index in [1.165, 1.54) is 0 Å². The van der Waals surface area contributed by atoms with Gasteiger partial charge in [0, 0.05) is 6.42 Å². The van der Waals surface area contributed by atoms with Crippen LogP contribution < -0.4 is 4.74 Å². The largest absolute Gasteiger partial charge is 0.478 e. The molecule has 0 radical (unpaired) electrons. The van der Waals surface area contributed by atoms with Gasteiger partial charge in [0.05, 0.1) is 5.57 Å². The second-order valence-corrected chi connectivity index (χ2v) is 4.43. The Morgan fingerprint density at radius 1 is 1.00 bits per heavy atom. The van der Waals surface area contributed by atoms with Crippen molar-refractivity contribution < 1.29 is 14.6 Å². The molecule has 0 aliphatic carbocycles. The Morgan fingerprint density at radius 2 is 1.55 bits per heavy atom. The fraction of sp³-hybridized carbons (Fsp3) is 0.118. The lowest BCUT2D eigenvalue weighted by Crippen LogP contribution is -2.09. The fourth-order valence-electron chi connectivity index (χ4n) is 1.78. The van der Waals surface area contributed by atoms with E-state index in [0.29, 0.717) is 17.9 Å². The summed E-state index contributed by atoms with van der Waals surface area (Å²) < 4.78 is 5.74. The Hall–Kier alpha value is -2.55. The predicted octanol–water partition coefficient (Wildman–Crippen LogP) is 3.67. The van der Waals surface area contributed by atoms with E-state index < -0.39 is 5.97 Å². The summed E-state index contributed by atoms with van der Waals surface area (Å²) in [6, 6.07) is 18.9. The van der Waals surface area contributed by atoms with E-state index in [-0.39, 0.29) is 5.57 Å². The summed E-state index contributed by atoms with van der Waals surface area (Å²) in [4.78, 5) is 11.2. The minimum Gasteiger partial charge on any atom is -0.478 e. The first-order chi connectivity index (χ1) is 9.66. The number of hydrogen-bond donors (Lipinski definition) is 1. The highest BCUT2D eigenvalue weighted by atomic mass is 16.5. The van der Waals surface area contributed by atoms with Gasteiger partial charge in [-0.25, -0.2) is 4.79 Å². The van der Waals surface area contributed by atoms with Crippen molar-refractivity contribution in [3.05, 3.63) is 77.6 Å². The minimum atomic E-state index is -0.966. The lowest BCUT2D eigenvalue weighted by atomic mass is 10.1. The smallest absolute Gasteiger partial charge is 0.334 e. The van der Waals surface area contributed by atoms with Gasteiger partial charge >= 0.3 is 5.97 Å². The molecule has 2 rings (SSSR count). The van der Waals surface area contributed by atoms with E-state index in [1.54, 1.807) is 19.1 Å². The molecule has 0 atom stereocenters. The van der Waals surface area contributed by atoms with Gasteiger partial charge in [0.1, 0.15) is 11.5 Å². The van der Waals surface area contributed by atoms with Crippen LogP contribution in [0.4, 0.5) is 0 Å². The molecule has 0 fully saturated rings. The van der Waals surface area contributed by atoms with E-state index in [1.807, 2.05) is 48.5 Å². The number of ether oxygens (including phenoxy) is 1. The summed E-state index contributed by atoms with van der Waals surface area (Å²) in [5, 5.41) is 9.17. The molecule has 2 aromatic carbocycles. The molecule has 2 aromatic rings. The maximum Gasteiger partial charge on any atom is 0.334 e. The molecular weight excluding hydrogens is 252 g/mol. The Labute approximate surface area is 118 Å². The molecule has 0 saturated carbocycles. The first-order valence-corrected chi connectivity index (χ1v) is 6.36. The third-order valence-corrected chi connectivity index (χ3v) is 2.93. The molecule has 0 aliphatic rings. The summed E-state index contributed by atoms with van der Waals surface area (Å²) in [5.74, 6) is 0.126. The minimum absolute atomic E-state index is 0.220. The first kappa shape index (κ1) is 13.9. The normalized spacial score (nSPS) is 11.7. The van der Waals surface area contributed by atoms with Crippen LogP contribution in [0.25, 0.3) is 0 Å². The van der Waals surface area contributed by atoms with Gasteiger partial charge in [0.15, 0.2) is 0 Å². The van der Waals surface area contributed by atoms with E-state index in [0.717, 1.165) is 5.56 Å². The molecule has 0 aromatic heterocycles. The van der Waals surface area contributed by atoms with Crippen LogP contribution in [0.2, 0.25) is 0 Å². The Balaban J connectivity index is 2.27. The van der Waals surface area contributed by atoms with Crippen LogP contribution in [0.3, 0.4) is 0 Å². The quantitative estimate of drug-likeness (QED) is 0.665. The highest BCUT2D eigenvalue weighted by molar-refractivity contribution is 5.86. The standard InChI is InChI=1S/C17H16O3/c1-13(17(18)19)16(12-14-8-4-2-5-9-14)20-15-10-6-3-7-11-15/h2-11H,12H2,1H3,(H,18,19). The highest BCUT2D eigenvalue weighted by Crippen LogP contribution is 2.19. The number of rotatable bonds is 5. The third kappa shape index (κ3) is 3.72. The van der Waals surface area contributed by atoms with Crippen LogP contribution in [0.1, 0.15) is 12.5 Å². The van der Waals surface area contributed by atoms with Gasteiger partial charge in [0.2, 0.25) is 0 Å². The van der Waals surface area contributed by atoms with Crippen molar-refractivity contribution in [3.8, 4) is 5.75 Å². The summed E-state index contributed by atoms with van der Waals surface area (Å²) in [7, 11) is 0. The first-order valence-electron chi connectivity index (χ1n) is 6.36. The number of aliphatic carboxylic acids is 1. The Bertz CT molecular complexity index is 557. The zero-order chi connectivity index (χ0) is 14.4. The van der Waals surface area contributed by atoms with Crippen LogP contribution in [0, 0.1) is 0 Å². The van der Waals surface area contributed by atoms with Crippen molar-refractivity contribution in [2.24, 2.45) is 0 Å². The fourth-order valence-corrected chi connectivity index (χ4v) is 1.78. The number of carboxylic acids is 1. The predicted molar refractivity (Wildman–Crippen MR) is 77.6 cm³/mol. The zero-order valence-electron chi connectivity index (χ0n) is 11.2. The molecular formula is C17H16O3. The number of allylic oxidation sites excluding steroid dienone is 1. The van der Waals surface area contributed by atoms with Crippen LogP contribution in [0.15, 0.2) is 72.0 Å². The molecule has 3 heteroatoms. The molecule has 3 nitrogen and oxygen atoms in total. The summed E-state index contributed by atoms with van der Waals surface area (Å²) in [6.07, 6.45) is 0.452. The van der Waals surface area contributed by atoms with Gasteiger partial charge in [-0.05, 0) is 24.6 Å². The monoisotopic (exact) mass is 268 g/mol. The second-order valence-electron chi connectivity index (χ2n) is 4.43. The number of carbonyl (C=O) groups is 1. The SMILES string of the molecule is CC(C(=O)O)=C(Cc1ccccc1)Oc1ccccc1. The van der Waals surface area contributed by atoms with Gasteiger partial charge in [-0.1, -0.05) is 48.5 Å². The van der Waals surface area contributed by atoms with Crippen LogP contribution in [-0.4, -0.2) is 11.1 Å². The second kappa shape index (κ2) is 6.57. The summed E-state index contributed by atoms with van der Waals surface area (Å²) in [5.41, 5.74) is 1.23. The topological polar surface area (TPSA) is 46.5 Å². The van der Waals surface area contributed by atoms with E-state index in [9.17, 15) is 9.90 Å². The van der Waals surface area contributed by atoms with Crippen molar-refractivity contribution in [3.63, 3.8) is 0 Å². The molecule has 102 valence electrons. The summed E-state index contributed by atoms with van der Waals surface area (Å²) in [6.45, 7) is 1.56. The van der Waals surface area contributed by atoms with E-state index in [2.05, 4.69) is 0 Å². The third-order valence-electron chi connectivity index (χ3n) is 2.93. The molecule has 0 amide bonds. The maximum absolute atomic E-state index is 11.2. The van der Waals surface area contributed by atoms with E-state index in [4.69, 9.17) is 4.74 Å². The van der Waals surface area contributed by atoms with Gasteiger partial charge in [0.25, 0.3) is 0 Å². The lowest BCUT2D eigenvalue weighted by molar-refractivity contribution is -0.132. The van der Waals surface area contributed by atoms with Crippen molar-refractivity contribution in [1.29, 1.82) is 0 Å². The molecule has 0 spiro atoms. The Kier molecular flexibility index (Phi) is 4.56. The average molecular weight is 268 g/mol. The van der Waals surface area contributed by atoms with Gasteiger partial charge in [-0.2, -0.15) is 0 Å². The van der Waals surface area contributed by atoms with Gasteiger partial charge < -0.3 is 9.84 Å². The average Bonchev–Trinajstić information content (AvgIpc) is 2.48. The highest BCUT2D eigenvalue weighted by Gasteiger charge is 2.12. The van der Waals surface area contributed by atoms with Crippen molar-refractivity contribution in [2.75, 3.05) is 0 Å². The maximum atomic E-state index is 11.2. The summed E-state index contributed by atoms with van der Waals surface area (Å²) >= 11 is 0. The van der Waals surface area contributed by atoms with Gasteiger partial charge in [-0.3, -0.25) is 0 Å². The van der Waals surface area contributed by atoms with Crippen molar-refractivity contribution in [2.45, 2.75) is 13.3 Å². The lowest BCUT2D eigenvalue weighted by Gasteiger charge is -2.12. The van der Waals surface area contributed by atoms with Crippen molar-refractivity contribution >= 4 is 5.97 Å². The molecule has 0 saturated heterocycles. The van der Waals surface area contributed by atoms with Crippen LogP contribution >= 0.6 is 0 Å². The molecule has 0 bridgehead atoms. The number of para-hydroxylation sites is 1. The molecule has 0 aliphatic heterocycles. The molecule has 20 heavy (non-hydrogen) atoms. The molecule has 1 N–H and O–H groups in total. The van der Waals surface area contributed by atoms with Crippen LogP contribution in [-0.2, 0) is 11.2 Å². The zero-order valence-corrected chi connectivity index (χ0v) is 11.2. The molecule has 0 unspecified atom stereocenters. The van der Waals surface area contributed by atoms with Gasteiger partial charge in [-0.15, -0.1) is 0 Å². The van der Waals surface area contributed by atoms with E-state index >= 15 is 0 Å². The molecule has 0 heterocycles. The Morgan fingerprint density at radius 3 is 2.10 bits per heavy atom. The van der Waals surface area contributed by atoms with Crippen molar-refractivity contribution in [1.82, 2.24) is 0 Å². The number of benzene rings is 2. The number of hydrogen-bond acceptors (Lipinski definition) is 2.